The molecular formula is C22H38O3Si. The minimum Gasteiger partial charge on any atom is -0.409 e. The molecule has 0 aliphatic heterocycles. The standard InChI is InChI=1S/C22H38O3Si/c1-17(2)24-20-15-11-14-19(23-16-18-12-9-8-10-13-18)21(20)25-26(6,7)22(3,4)5/h8-10,12-13,17,19-21H,11,14-16H2,1-7H3/t19-,20-,21-/m1/s1. The molecule has 0 saturated heterocycles. The topological polar surface area (TPSA) is 27.7 Å². The molecule has 3 nitrogen and oxygen atoms in total. The van der Waals surface area contributed by atoms with Crippen molar-refractivity contribution in [2.45, 2.75) is 103 Å². The Balaban J connectivity index is 2.14. The molecule has 1 aliphatic carbocycles. The van der Waals surface area contributed by atoms with Crippen LogP contribution in [0.4, 0.5) is 0 Å². The van der Waals surface area contributed by atoms with Crippen molar-refractivity contribution >= 4 is 8.32 Å². The zero-order chi connectivity index (χ0) is 19.4. The Bertz CT molecular complexity index is 536. The smallest absolute Gasteiger partial charge is 0.192 e. The molecule has 2 rings (SSSR count). The molecular weight excluding hydrogens is 340 g/mol. The summed E-state index contributed by atoms with van der Waals surface area (Å²) in [4.78, 5) is 0. The van der Waals surface area contributed by atoms with E-state index in [1.807, 2.05) is 6.07 Å². The van der Waals surface area contributed by atoms with Gasteiger partial charge in [-0.1, -0.05) is 51.1 Å². The van der Waals surface area contributed by atoms with Gasteiger partial charge in [0.2, 0.25) is 0 Å². The quantitative estimate of drug-likeness (QED) is 0.550. The molecule has 0 spiro atoms. The van der Waals surface area contributed by atoms with Gasteiger partial charge in [0, 0.05) is 0 Å². The van der Waals surface area contributed by atoms with Crippen molar-refractivity contribution in [3.05, 3.63) is 35.9 Å². The summed E-state index contributed by atoms with van der Waals surface area (Å²) in [6, 6.07) is 10.4. The van der Waals surface area contributed by atoms with E-state index in [9.17, 15) is 0 Å². The molecule has 0 bridgehead atoms. The largest absolute Gasteiger partial charge is 0.409 e. The second-order valence-corrected chi connectivity index (χ2v) is 14.1. The monoisotopic (exact) mass is 378 g/mol. The summed E-state index contributed by atoms with van der Waals surface area (Å²) >= 11 is 0. The second-order valence-electron chi connectivity index (χ2n) is 9.33. The molecule has 4 heteroatoms. The number of ether oxygens (including phenoxy) is 2. The summed E-state index contributed by atoms with van der Waals surface area (Å²) in [5.74, 6) is 0. The summed E-state index contributed by atoms with van der Waals surface area (Å²) in [5.41, 5.74) is 1.21. The van der Waals surface area contributed by atoms with Gasteiger partial charge in [-0.2, -0.15) is 0 Å². The molecule has 0 heterocycles. The van der Waals surface area contributed by atoms with Crippen LogP contribution < -0.4 is 0 Å². The Morgan fingerprint density at radius 1 is 1.04 bits per heavy atom. The summed E-state index contributed by atoms with van der Waals surface area (Å²) in [7, 11) is -1.90. The third kappa shape index (κ3) is 5.91. The van der Waals surface area contributed by atoms with E-state index < -0.39 is 8.32 Å². The van der Waals surface area contributed by atoms with Crippen molar-refractivity contribution in [1.29, 1.82) is 0 Å². The Morgan fingerprint density at radius 3 is 2.23 bits per heavy atom. The van der Waals surface area contributed by atoms with Gasteiger partial charge < -0.3 is 13.9 Å². The average Bonchev–Trinajstić information content (AvgIpc) is 2.54. The molecule has 26 heavy (non-hydrogen) atoms. The Labute approximate surface area is 161 Å². The van der Waals surface area contributed by atoms with Crippen molar-refractivity contribution in [3.63, 3.8) is 0 Å². The van der Waals surface area contributed by atoms with E-state index in [1.54, 1.807) is 0 Å². The predicted octanol–water partition coefficient (Wildman–Crippen LogP) is 5.94. The van der Waals surface area contributed by atoms with Crippen LogP contribution in [0, 0.1) is 0 Å². The number of hydrogen-bond donors (Lipinski definition) is 0. The highest BCUT2D eigenvalue weighted by molar-refractivity contribution is 6.74. The Hall–Kier alpha value is -0.683. The van der Waals surface area contributed by atoms with E-state index >= 15 is 0 Å². The normalized spacial score (nSPS) is 24.8. The number of benzene rings is 1. The number of rotatable bonds is 7. The molecule has 1 aliphatic rings. The van der Waals surface area contributed by atoms with Gasteiger partial charge >= 0.3 is 0 Å². The molecule has 0 N–H and O–H groups in total. The van der Waals surface area contributed by atoms with Gasteiger partial charge in [0.25, 0.3) is 0 Å². The van der Waals surface area contributed by atoms with Crippen LogP contribution >= 0.6 is 0 Å². The number of hydrogen-bond acceptors (Lipinski definition) is 3. The van der Waals surface area contributed by atoms with Crippen LogP contribution in [0.3, 0.4) is 0 Å². The van der Waals surface area contributed by atoms with Gasteiger partial charge in [0.1, 0.15) is 0 Å². The lowest BCUT2D eigenvalue weighted by Gasteiger charge is -2.46. The van der Waals surface area contributed by atoms with Crippen molar-refractivity contribution in [2.75, 3.05) is 0 Å². The summed E-state index contributed by atoms with van der Waals surface area (Å²) in [6.45, 7) is 16.4. The molecule has 0 radical (unpaired) electrons. The fourth-order valence-corrected chi connectivity index (χ4v) is 4.55. The lowest BCUT2D eigenvalue weighted by molar-refractivity contribution is -0.143. The fourth-order valence-electron chi connectivity index (χ4n) is 3.21. The van der Waals surface area contributed by atoms with Crippen LogP contribution in [-0.2, 0) is 20.5 Å². The lowest BCUT2D eigenvalue weighted by Crippen LogP contribution is -2.54. The molecule has 0 amide bonds. The van der Waals surface area contributed by atoms with Gasteiger partial charge in [-0.05, 0) is 56.8 Å². The molecule has 0 aromatic heterocycles. The van der Waals surface area contributed by atoms with E-state index in [-0.39, 0.29) is 29.5 Å². The van der Waals surface area contributed by atoms with Gasteiger partial charge in [0.15, 0.2) is 8.32 Å². The fraction of sp³-hybridized carbons (Fsp3) is 0.727. The molecule has 1 saturated carbocycles. The maximum atomic E-state index is 6.85. The highest BCUT2D eigenvalue weighted by Gasteiger charge is 2.45. The van der Waals surface area contributed by atoms with Gasteiger partial charge in [-0.25, -0.2) is 0 Å². The third-order valence-electron chi connectivity index (χ3n) is 5.70. The maximum Gasteiger partial charge on any atom is 0.192 e. The van der Waals surface area contributed by atoms with Gasteiger partial charge in [-0.15, -0.1) is 0 Å². The Morgan fingerprint density at radius 2 is 1.65 bits per heavy atom. The van der Waals surface area contributed by atoms with Crippen LogP contribution in [0.5, 0.6) is 0 Å². The summed E-state index contributed by atoms with van der Waals surface area (Å²) < 4.78 is 19.5. The van der Waals surface area contributed by atoms with Crippen molar-refractivity contribution in [3.8, 4) is 0 Å². The predicted molar refractivity (Wildman–Crippen MR) is 111 cm³/mol. The molecule has 1 fully saturated rings. The highest BCUT2D eigenvalue weighted by Crippen LogP contribution is 2.40. The minimum absolute atomic E-state index is 0.0238. The van der Waals surface area contributed by atoms with Crippen LogP contribution in [0.25, 0.3) is 0 Å². The molecule has 1 aromatic carbocycles. The van der Waals surface area contributed by atoms with Crippen molar-refractivity contribution in [1.82, 2.24) is 0 Å². The molecule has 0 unspecified atom stereocenters. The van der Waals surface area contributed by atoms with E-state index in [1.165, 1.54) is 5.56 Å². The third-order valence-corrected chi connectivity index (χ3v) is 10.2. The van der Waals surface area contributed by atoms with Crippen LogP contribution in [0.15, 0.2) is 30.3 Å². The zero-order valence-corrected chi connectivity index (χ0v) is 18.7. The van der Waals surface area contributed by atoms with Crippen molar-refractivity contribution < 1.29 is 13.9 Å². The Kier molecular flexibility index (Phi) is 7.49. The van der Waals surface area contributed by atoms with Gasteiger partial charge in [0.05, 0.1) is 31.0 Å². The molecule has 1 aromatic rings. The first-order valence-electron chi connectivity index (χ1n) is 10.1. The molecule has 3 atom stereocenters. The van der Waals surface area contributed by atoms with Crippen LogP contribution in [-0.4, -0.2) is 32.7 Å². The van der Waals surface area contributed by atoms with Crippen LogP contribution in [0.1, 0.15) is 59.4 Å². The van der Waals surface area contributed by atoms with E-state index in [2.05, 4.69) is 72.0 Å². The minimum atomic E-state index is -1.90. The summed E-state index contributed by atoms with van der Waals surface area (Å²) in [6.07, 6.45) is 3.69. The van der Waals surface area contributed by atoms with E-state index in [0.29, 0.717) is 6.61 Å². The second kappa shape index (κ2) is 9.00. The lowest BCUT2D eigenvalue weighted by atomic mass is 9.91. The van der Waals surface area contributed by atoms with E-state index in [4.69, 9.17) is 13.9 Å². The maximum absolute atomic E-state index is 6.85. The van der Waals surface area contributed by atoms with Crippen molar-refractivity contribution in [2.24, 2.45) is 0 Å². The van der Waals surface area contributed by atoms with Gasteiger partial charge in [-0.3, -0.25) is 0 Å². The first kappa shape index (κ1) is 21.6. The zero-order valence-electron chi connectivity index (χ0n) is 17.7. The average molecular weight is 379 g/mol. The SMILES string of the molecule is CC(C)O[C@@H]1CCC[C@@H](OCc2ccccc2)[C@H]1O[Si](C)(C)C(C)(C)C. The van der Waals surface area contributed by atoms with E-state index in [0.717, 1.165) is 19.3 Å². The first-order chi connectivity index (χ1) is 12.1. The molecule has 148 valence electrons. The summed E-state index contributed by atoms with van der Waals surface area (Å²) in [5, 5.41) is 0.177. The van der Waals surface area contributed by atoms with Crippen LogP contribution in [0.2, 0.25) is 18.1 Å². The first-order valence-corrected chi connectivity index (χ1v) is 13.0. The highest BCUT2D eigenvalue weighted by atomic mass is 28.4.